The first kappa shape index (κ1) is 22.6. The molecular formula is C24H19F5N6O. The van der Waals surface area contributed by atoms with Gasteiger partial charge in [-0.25, -0.2) is 28.7 Å². The van der Waals surface area contributed by atoms with Crippen molar-refractivity contribution in [2.24, 2.45) is 24.8 Å². The Morgan fingerprint density at radius 3 is 2.42 bits per heavy atom. The van der Waals surface area contributed by atoms with Gasteiger partial charge in [0.1, 0.15) is 34.6 Å². The number of aromatic nitrogens is 5. The van der Waals surface area contributed by atoms with Crippen molar-refractivity contribution >= 4 is 17.1 Å². The molecule has 3 atom stereocenters. The number of aryl methyl sites for hydroxylation is 1. The largest absolute Gasteiger partial charge is 0.493 e. The smallest absolute Gasteiger partial charge is 0.433 e. The number of nitrogens with zero attached hydrogens (tertiary/aromatic N) is 6. The van der Waals surface area contributed by atoms with Gasteiger partial charge in [0.15, 0.2) is 17.1 Å². The van der Waals surface area contributed by atoms with Gasteiger partial charge < -0.3 is 14.2 Å². The summed E-state index contributed by atoms with van der Waals surface area (Å²) in [5.41, 5.74) is -0.160. The van der Waals surface area contributed by atoms with E-state index in [9.17, 15) is 22.0 Å². The Kier molecular flexibility index (Phi) is 5.09. The number of piperidine rings is 1. The minimum Gasteiger partial charge on any atom is -0.493 e. The minimum absolute atomic E-state index is 0.0807. The van der Waals surface area contributed by atoms with Crippen molar-refractivity contribution in [3.05, 3.63) is 59.9 Å². The molecule has 7 nitrogen and oxygen atoms in total. The summed E-state index contributed by atoms with van der Waals surface area (Å²) in [4.78, 5) is 19.2. The highest BCUT2D eigenvalue weighted by atomic mass is 19.4. The molecule has 4 heterocycles. The highest BCUT2D eigenvalue weighted by Crippen LogP contribution is 2.52. The van der Waals surface area contributed by atoms with Crippen LogP contribution in [0.25, 0.3) is 22.8 Å². The molecule has 3 aromatic heterocycles. The third kappa shape index (κ3) is 3.99. The molecule has 1 aliphatic heterocycles. The molecule has 36 heavy (non-hydrogen) atoms. The van der Waals surface area contributed by atoms with Crippen molar-refractivity contribution in [1.29, 1.82) is 0 Å². The first-order valence-electron chi connectivity index (χ1n) is 11.3. The molecule has 4 aromatic rings. The average molecular weight is 502 g/mol. The molecule has 0 bridgehead atoms. The van der Waals surface area contributed by atoms with E-state index in [4.69, 9.17) is 4.74 Å². The lowest BCUT2D eigenvalue weighted by molar-refractivity contribution is -0.141. The lowest BCUT2D eigenvalue weighted by Crippen LogP contribution is -2.26. The maximum absolute atomic E-state index is 13.3. The van der Waals surface area contributed by atoms with E-state index in [1.54, 1.807) is 17.8 Å². The lowest BCUT2D eigenvalue weighted by Gasteiger charge is -2.20. The summed E-state index contributed by atoms with van der Waals surface area (Å²) < 4.78 is 73.1. The van der Waals surface area contributed by atoms with Gasteiger partial charge in [0, 0.05) is 44.3 Å². The molecule has 2 fully saturated rings. The number of anilines is 1. The van der Waals surface area contributed by atoms with Gasteiger partial charge in [-0.05, 0) is 24.0 Å². The summed E-state index contributed by atoms with van der Waals surface area (Å²) in [6.45, 7) is 1.83. The highest BCUT2D eigenvalue weighted by molar-refractivity contribution is 5.74. The van der Waals surface area contributed by atoms with Crippen molar-refractivity contribution < 1.29 is 26.7 Å². The fourth-order valence-corrected chi connectivity index (χ4v) is 4.94. The molecule has 1 aliphatic carbocycles. The van der Waals surface area contributed by atoms with Crippen LogP contribution in [0.15, 0.2) is 42.6 Å². The number of benzene rings is 1. The molecule has 1 saturated carbocycles. The van der Waals surface area contributed by atoms with Gasteiger partial charge in [0.05, 0.1) is 12.8 Å². The zero-order valence-electron chi connectivity index (χ0n) is 18.9. The Hall–Kier alpha value is -3.83. The van der Waals surface area contributed by atoms with Gasteiger partial charge in [0.2, 0.25) is 0 Å². The lowest BCUT2D eigenvalue weighted by atomic mass is 10.2. The highest BCUT2D eigenvalue weighted by Gasteiger charge is 2.56. The second-order valence-electron chi connectivity index (χ2n) is 9.09. The summed E-state index contributed by atoms with van der Waals surface area (Å²) in [5, 5.41) is 0. The van der Waals surface area contributed by atoms with Crippen LogP contribution in [-0.4, -0.2) is 44.2 Å². The first-order valence-corrected chi connectivity index (χ1v) is 11.3. The Balaban J connectivity index is 1.15. The van der Waals surface area contributed by atoms with Crippen LogP contribution in [0.5, 0.6) is 5.75 Å². The van der Waals surface area contributed by atoms with Gasteiger partial charge in [-0.2, -0.15) is 13.2 Å². The van der Waals surface area contributed by atoms with Crippen LogP contribution in [0, 0.1) is 29.4 Å². The zero-order valence-corrected chi connectivity index (χ0v) is 18.9. The van der Waals surface area contributed by atoms with Gasteiger partial charge in [0.25, 0.3) is 0 Å². The molecule has 6 rings (SSSR count). The van der Waals surface area contributed by atoms with Crippen molar-refractivity contribution in [3.8, 4) is 17.3 Å². The van der Waals surface area contributed by atoms with Crippen LogP contribution >= 0.6 is 0 Å². The van der Waals surface area contributed by atoms with Crippen molar-refractivity contribution in [2.45, 2.75) is 6.18 Å². The van der Waals surface area contributed by atoms with E-state index in [0.717, 1.165) is 37.4 Å². The number of halogens is 5. The Morgan fingerprint density at radius 2 is 1.72 bits per heavy atom. The van der Waals surface area contributed by atoms with E-state index in [2.05, 4.69) is 24.8 Å². The van der Waals surface area contributed by atoms with Crippen LogP contribution in [0.3, 0.4) is 0 Å². The SMILES string of the molecule is Cn1c(-c2cccc(C(F)(F)F)n2)nc2nc(N3C[C@@H]4[C@H](COc5cc(F)cc(F)c5)[C@@H]4C3)cnc21. The fraction of sp³-hybridized carbons (Fsp3) is 0.333. The fourth-order valence-electron chi connectivity index (χ4n) is 4.94. The van der Waals surface area contributed by atoms with Crippen LogP contribution in [0.2, 0.25) is 0 Å². The quantitative estimate of drug-likeness (QED) is 0.375. The number of ether oxygens (including phenoxy) is 1. The van der Waals surface area contributed by atoms with Crippen molar-refractivity contribution in [3.63, 3.8) is 0 Å². The number of rotatable bonds is 5. The second-order valence-corrected chi connectivity index (χ2v) is 9.09. The number of alkyl halides is 3. The van der Waals surface area contributed by atoms with Gasteiger partial charge in [-0.3, -0.25) is 0 Å². The van der Waals surface area contributed by atoms with E-state index in [0.29, 0.717) is 35.6 Å². The maximum atomic E-state index is 13.3. The molecule has 2 aliphatic rings. The van der Waals surface area contributed by atoms with Crippen molar-refractivity contribution in [1.82, 2.24) is 24.5 Å². The molecule has 0 spiro atoms. The molecule has 12 heteroatoms. The Bertz CT molecular complexity index is 1440. The number of imidazole rings is 1. The van der Waals surface area contributed by atoms with Gasteiger partial charge >= 0.3 is 6.18 Å². The van der Waals surface area contributed by atoms with Crippen LogP contribution < -0.4 is 9.64 Å². The van der Waals surface area contributed by atoms with E-state index < -0.39 is 23.5 Å². The van der Waals surface area contributed by atoms with E-state index in [1.165, 1.54) is 12.1 Å². The minimum atomic E-state index is -4.56. The van der Waals surface area contributed by atoms with Gasteiger partial charge in [-0.15, -0.1) is 0 Å². The summed E-state index contributed by atoms with van der Waals surface area (Å²) >= 11 is 0. The summed E-state index contributed by atoms with van der Waals surface area (Å²) in [6, 6.07) is 6.79. The number of pyridine rings is 1. The summed E-state index contributed by atoms with van der Waals surface area (Å²) in [5.74, 6) is 0.714. The van der Waals surface area contributed by atoms with E-state index >= 15 is 0 Å². The summed E-state index contributed by atoms with van der Waals surface area (Å²) in [7, 11) is 1.65. The Morgan fingerprint density at radius 1 is 1.00 bits per heavy atom. The second kappa shape index (κ2) is 8.10. The standard InChI is InChI=1S/C24H19F5N6O/c1-34-22(18-3-2-4-19(31-18)24(27,28)29)33-21-23(34)30-8-20(32-21)35-9-15-16(10-35)17(15)11-36-14-6-12(25)5-13(26)7-14/h2-8,15-17H,9-11H2,1H3/t15-,16+,17-. The maximum Gasteiger partial charge on any atom is 0.433 e. The van der Waals surface area contributed by atoms with Crippen LogP contribution in [0.1, 0.15) is 5.69 Å². The van der Waals surface area contributed by atoms with Crippen LogP contribution in [0.4, 0.5) is 27.8 Å². The molecule has 0 N–H and O–H groups in total. The summed E-state index contributed by atoms with van der Waals surface area (Å²) in [6.07, 6.45) is -2.93. The number of fused-ring (bicyclic) bond motifs is 2. The molecule has 1 aromatic carbocycles. The number of hydrogen-bond acceptors (Lipinski definition) is 6. The van der Waals surface area contributed by atoms with Crippen LogP contribution in [-0.2, 0) is 13.2 Å². The van der Waals surface area contributed by atoms with E-state index in [1.807, 2.05) is 0 Å². The molecule has 1 saturated heterocycles. The van der Waals surface area contributed by atoms with Crippen molar-refractivity contribution in [2.75, 3.05) is 24.6 Å². The molecule has 0 amide bonds. The molecular weight excluding hydrogens is 483 g/mol. The number of hydrogen-bond donors (Lipinski definition) is 0. The van der Waals surface area contributed by atoms with Gasteiger partial charge in [-0.1, -0.05) is 6.07 Å². The predicted octanol–water partition coefficient (Wildman–Crippen LogP) is 4.48. The third-order valence-electron chi connectivity index (χ3n) is 6.81. The zero-order chi connectivity index (χ0) is 25.2. The first-order chi connectivity index (χ1) is 17.2. The predicted molar refractivity (Wildman–Crippen MR) is 119 cm³/mol. The molecule has 0 radical (unpaired) electrons. The monoisotopic (exact) mass is 502 g/mol. The molecule has 0 unspecified atom stereocenters. The molecule has 186 valence electrons. The Labute approximate surface area is 201 Å². The van der Waals surface area contributed by atoms with E-state index in [-0.39, 0.29) is 23.2 Å². The normalized spacial score (nSPS) is 21.2. The topological polar surface area (TPSA) is 69.0 Å². The average Bonchev–Trinajstić information content (AvgIpc) is 3.13. The third-order valence-corrected chi connectivity index (χ3v) is 6.81.